The molecule has 0 saturated heterocycles. The van der Waals surface area contributed by atoms with Crippen molar-refractivity contribution < 1.29 is 9.18 Å². The van der Waals surface area contributed by atoms with Gasteiger partial charge in [-0.1, -0.05) is 22.0 Å². The number of aliphatic imine (C=N–C) groups is 1. The number of rotatable bonds is 0. The van der Waals surface area contributed by atoms with Gasteiger partial charge in [0.25, 0.3) is 5.91 Å². The highest BCUT2D eigenvalue weighted by Gasteiger charge is 2.66. The number of likely N-dealkylation sites (N-methyl/N-ethyl adjacent to an activating group) is 1. The molecule has 1 atom stereocenters. The van der Waals surface area contributed by atoms with Gasteiger partial charge >= 0.3 is 0 Å². The fourth-order valence-electron chi connectivity index (χ4n) is 4.77. The number of hydrogen-bond acceptors (Lipinski definition) is 3. The van der Waals surface area contributed by atoms with Crippen LogP contribution in [-0.4, -0.2) is 29.5 Å². The minimum Gasteiger partial charge on any atom is -0.369 e. The Morgan fingerprint density at radius 3 is 2.54 bits per heavy atom. The van der Waals surface area contributed by atoms with Gasteiger partial charge in [-0.15, -0.1) is 0 Å². The lowest BCUT2D eigenvalue weighted by Crippen LogP contribution is -2.52. The van der Waals surface area contributed by atoms with Crippen molar-refractivity contribution in [2.24, 2.45) is 16.1 Å². The zero-order valence-corrected chi connectivity index (χ0v) is 15.5. The molecule has 3 aliphatic rings. The van der Waals surface area contributed by atoms with Gasteiger partial charge in [0.15, 0.2) is 11.5 Å². The molecule has 1 aliphatic heterocycles. The monoisotopic (exact) mass is 393 g/mol. The first kappa shape index (κ1) is 16.1. The molecule has 4 nitrogen and oxygen atoms in total. The van der Waals surface area contributed by atoms with Gasteiger partial charge < -0.3 is 5.73 Å². The summed E-state index contributed by atoms with van der Waals surface area (Å²) in [6.07, 6.45) is 2.94. The molecule has 2 aliphatic carbocycles. The minimum atomic E-state index is -1.16. The Morgan fingerprint density at radius 1 is 1.29 bits per heavy atom. The number of carbonyl (C=O) groups is 1. The summed E-state index contributed by atoms with van der Waals surface area (Å²) < 4.78 is 15.4. The Morgan fingerprint density at radius 2 is 1.96 bits per heavy atom. The quantitative estimate of drug-likeness (QED) is 0.734. The Balaban J connectivity index is 1.92. The number of fused-ring (bicyclic) bond motifs is 3. The number of nitrogens with two attached hydrogens (primary N) is 1. The molecular formula is C18H21BrFN3O. The normalized spacial score (nSPS) is 38.1. The van der Waals surface area contributed by atoms with Crippen molar-refractivity contribution in [2.75, 3.05) is 7.05 Å². The lowest BCUT2D eigenvalue weighted by molar-refractivity contribution is -0.137. The van der Waals surface area contributed by atoms with Crippen molar-refractivity contribution in [1.29, 1.82) is 0 Å². The van der Waals surface area contributed by atoms with Crippen LogP contribution in [-0.2, 0) is 16.8 Å². The number of hydrogen-bond donors (Lipinski definition) is 1. The van der Waals surface area contributed by atoms with Crippen LogP contribution in [0.3, 0.4) is 0 Å². The molecule has 1 unspecified atom stereocenters. The Labute approximate surface area is 149 Å². The van der Waals surface area contributed by atoms with Gasteiger partial charge in [-0.25, -0.2) is 9.38 Å². The first-order valence-corrected chi connectivity index (χ1v) is 9.11. The maximum absolute atomic E-state index is 14.5. The van der Waals surface area contributed by atoms with E-state index in [0.29, 0.717) is 25.7 Å². The maximum Gasteiger partial charge on any atom is 0.262 e. The second-order valence-electron chi connectivity index (χ2n) is 7.72. The molecule has 1 amide bonds. The molecule has 1 fully saturated rings. The van der Waals surface area contributed by atoms with E-state index in [4.69, 9.17) is 10.7 Å². The fraction of sp³-hybridized carbons (Fsp3) is 0.556. The molecule has 0 radical (unpaired) electrons. The molecular weight excluding hydrogens is 373 g/mol. The largest absolute Gasteiger partial charge is 0.369 e. The summed E-state index contributed by atoms with van der Waals surface area (Å²) >= 11 is 3.51. The fourth-order valence-corrected chi connectivity index (χ4v) is 5.13. The van der Waals surface area contributed by atoms with Crippen LogP contribution in [0.25, 0.3) is 0 Å². The number of amides is 1. The highest BCUT2D eigenvalue weighted by atomic mass is 79.9. The van der Waals surface area contributed by atoms with E-state index in [0.717, 1.165) is 22.0 Å². The predicted molar refractivity (Wildman–Crippen MR) is 94.3 cm³/mol. The molecule has 24 heavy (non-hydrogen) atoms. The molecule has 1 saturated carbocycles. The number of nitrogens with zero attached hydrogens (tertiary/aromatic N) is 2. The smallest absolute Gasteiger partial charge is 0.262 e. The highest BCUT2D eigenvalue weighted by molar-refractivity contribution is 9.10. The standard InChI is InChI=1S/C18H21BrFN3O/c1-16(20)5-7-17(8-6-16)10-11-3-4-12(19)9-13(11)18(17)14(24)23(2)15(21)22-18/h3-4,9H,5-8,10H2,1-2H3,(H2,21,22). The van der Waals surface area contributed by atoms with Gasteiger partial charge in [-0.3, -0.25) is 9.69 Å². The van der Waals surface area contributed by atoms with Gasteiger partial charge in [0, 0.05) is 16.9 Å². The second kappa shape index (κ2) is 4.81. The minimum absolute atomic E-state index is 0.0840. The molecule has 2 N–H and O–H groups in total. The summed E-state index contributed by atoms with van der Waals surface area (Å²) in [7, 11) is 1.67. The van der Waals surface area contributed by atoms with Crippen molar-refractivity contribution in [2.45, 2.75) is 50.2 Å². The van der Waals surface area contributed by atoms with Gasteiger partial charge in [0.1, 0.15) is 5.67 Å². The first-order valence-electron chi connectivity index (χ1n) is 8.32. The van der Waals surface area contributed by atoms with Gasteiger partial charge in [0.2, 0.25) is 0 Å². The van der Waals surface area contributed by atoms with E-state index in [9.17, 15) is 9.18 Å². The summed E-state index contributed by atoms with van der Waals surface area (Å²) in [5.41, 5.74) is 5.54. The van der Waals surface area contributed by atoms with Crippen molar-refractivity contribution >= 4 is 27.8 Å². The molecule has 0 aromatic heterocycles. The van der Waals surface area contributed by atoms with Crippen LogP contribution in [0.5, 0.6) is 0 Å². The summed E-state index contributed by atoms with van der Waals surface area (Å²) in [6, 6.07) is 6.03. The Bertz CT molecular complexity index is 766. The van der Waals surface area contributed by atoms with E-state index in [1.165, 1.54) is 4.90 Å². The van der Waals surface area contributed by atoms with Crippen LogP contribution in [0.4, 0.5) is 4.39 Å². The average molecular weight is 394 g/mol. The summed E-state index contributed by atoms with van der Waals surface area (Å²) in [4.78, 5) is 19.4. The zero-order chi connectivity index (χ0) is 17.3. The van der Waals surface area contributed by atoms with Crippen LogP contribution >= 0.6 is 15.9 Å². The molecule has 0 bridgehead atoms. The van der Waals surface area contributed by atoms with Crippen LogP contribution in [0.1, 0.15) is 43.7 Å². The van der Waals surface area contributed by atoms with Crippen molar-refractivity contribution in [3.05, 3.63) is 33.8 Å². The van der Waals surface area contributed by atoms with Crippen LogP contribution < -0.4 is 5.73 Å². The lowest BCUT2D eigenvalue weighted by atomic mass is 9.59. The van der Waals surface area contributed by atoms with Gasteiger partial charge in [-0.2, -0.15) is 0 Å². The van der Waals surface area contributed by atoms with Gasteiger partial charge in [0.05, 0.1) is 0 Å². The van der Waals surface area contributed by atoms with Crippen molar-refractivity contribution in [3.63, 3.8) is 0 Å². The number of alkyl halides is 1. The van der Waals surface area contributed by atoms with E-state index in [-0.39, 0.29) is 17.3 Å². The average Bonchev–Trinajstić information content (AvgIpc) is 2.92. The Kier molecular flexibility index (Phi) is 3.22. The van der Waals surface area contributed by atoms with Crippen LogP contribution in [0.15, 0.2) is 27.7 Å². The topological polar surface area (TPSA) is 58.7 Å². The van der Waals surface area contributed by atoms with E-state index >= 15 is 0 Å². The molecule has 1 aromatic rings. The molecule has 1 aromatic carbocycles. The third kappa shape index (κ3) is 1.89. The van der Waals surface area contributed by atoms with E-state index < -0.39 is 11.2 Å². The number of halogens is 2. The first-order chi connectivity index (χ1) is 11.2. The molecule has 2 spiro atoms. The Hall–Kier alpha value is -1.43. The number of carbonyl (C=O) groups excluding carboxylic acids is 1. The third-order valence-electron chi connectivity index (χ3n) is 6.25. The molecule has 128 valence electrons. The number of guanidine groups is 1. The second-order valence-corrected chi connectivity index (χ2v) is 8.63. The van der Waals surface area contributed by atoms with Gasteiger partial charge in [-0.05, 0) is 62.3 Å². The zero-order valence-electron chi connectivity index (χ0n) is 13.9. The lowest BCUT2D eigenvalue weighted by Gasteiger charge is -2.46. The van der Waals surface area contributed by atoms with Crippen LogP contribution in [0.2, 0.25) is 0 Å². The summed E-state index contributed by atoms with van der Waals surface area (Å²) in [5, 5.41) is 0. The molecule has 6 heteroatoms. The van der Waals surface area contributed by atoms with E-state index in [2.05, 4.69) is 22.0 Å². The van der Waals surface area contributed by atoms with Crippen molar-refractivity contribution in [3.8, 4) is 0 Å². The van der Waals surface area contributed by atoms with Crippen molar-refractivity contribution in [1.82, 2.24) is 4.90 Å². The van der Waals surface area contributed by atoms with Crippen LogP contribution in [0, 0.1) is 5.41 Å². The van der Waals surface area contributed by atoms with E-state index in [1.54, 1.807) is 14.0 Å². The molecule has 4 rings (SSSR count). The summed E-state index contributed by atoms with van der Waals surface area (Å²) in [6.45, 7) is 1.66. The molecule has 1 heterocycles. The summed E-state index contributed by atoms with van der Waals surface area (Å²) in [5.74, 6) is 0.167. The van der Waals surface area contributed by atoms with E-state index in [1.807, 2.05) is 12.1 Å². The third-order valence-corrected chi connectivity index (χ3v) is 6.74. The maximum atomic E-state index is 14.5. The SMILES string of the molecule is CN1C(=O)C2(N=C1N)c1cc(Br)ccc1CC21CCC(C)(F)CC1. The predicted octanol–water partition coefficient (Wildman–Crippen LogP) is 3.28. The number of benzene rings is 1. The highest BCUT2D eigenvalue weighted by Crippen LogP contribution is 2.63.